The molecule has 24 heavy (non-hydrogen) atoms. The lowest BCUT2D eigenvalue weighted by Gasteiger charge is -2.07. The molecule has 0 aliphatic rings. The summed E-state index contributed by atoms with van der Waals surface area (Å²) in [5, 5.41) is 4.01. The fraction of sp³-hybridized carbons (Fsp3) is 0.118. The van der Waals surface area contributed by atoms with Crippen LogP contribution in [0.3, 0.4) is 0 Å². The molecule has 0 aliphatic carbocycles. The van der Waals surface area contributed by atoms with E-state index in [0.29, 0.717) is 5.69 Å². The maximum atomic E-state index is 12.3. The molecule has 0 saturated heterocycles. The molecule has 0 aliphatic heterocycles. The van der Waals surface area contributed by atoms with Crippen molar-refractivity contribution in [2.45, 2.75) is 11.4 Å². The van der Waals surface area contributed by atoms with Crippen LogP contribution in [0.4, 0.5) is 5.69 Å². The van der Waals surface area contributed by atoms with Crippen molar-refractivity contribution < 1.29 is 8.42 Å². The second kappa shape index (κ2) is 6.46. The molecule has 1 heterocycles. The smallest absolute Gasteiger partial charge is 0.240 e. The fourth-order valence-electron chi connectivity index (χ4n) is 2.33. The monoisotopic (exact) mass is 342 g/mol. The molecule has 3 N–H and O–H groups in total. The Morgan fingerprint density at radius 2 is 1.62 bits per heavy atom. The van der Waals surface area contributed by atoms with Crippen molar-refractivity contribution in [3.63, 3.8) is 0 Å². The zero-order valence-corrected chi connectivity index (χ0v) is 14.0. The topological polar surface area (TPSA) is 90.0 Å². The number of aryl methyl sites for hydroxylation is 1. The summed E-state index contributed by atoms with van der Waals surface area (Å²) in [7, 11) is -1.78. The predicted octanol–water partition coefficient (Wildman–Crippen LogP) is 2.15. The zero-order valence-electron chi connectivity index (χ0n) is 13.2. The van der Waals surface area contributed by atoms with Gasteiger partial charge in [-0.25, -0.2) is 13.1 Å². The van der Waals surface area contributed by atoms with Crippen LogP contribution < -0.4 is 10.5 Å². The molecule has 1 aromatic heterocycles. The quantitative estimate of drug-likeness (QED) is 0.695. The van der Waals surface area contributed by atoms with Crippen LogP contribution in [-0.2, 0) is 23.6 Å². The van der Waals surface area contributed by atoms with E-state index in [0.717, 1.165) is 16.7 Å². The normalized spacial score (nSPS) is 11.5. The number of nitrogens with one attached hydrogen (secondary N) is 1. The molecule has 0 bridgehead atoms. The van der Waals surface area contributed by atoms with Crippen molar-refractivity contribution in [2.75, 3.05) is 5.73 Å². The first-order valence-electron chi connectivity index (χ1n) is 7.37. The number of sulfonamides is 1. The van der Waals surface area contributed by atoms with Gasteiger partial charge >= 0.3 is 0 Å². The molecule has 3 aromatic rings. The first kappa shape index (κ1) is 16.2. The molecule has 3 rings (SSSR count). The highest BCUT2D eigenvalue weighted by atomic mass is 32.2. The minimum absolute atomic E-state index is 0.204. The number of hydrogen-bond donors (Lipinski definition) is 2. The highest BCUT2D eigenvalue weighted by Crippen LogP contribution is 2.22. The van der Waals surface area contributed by atoms with Crippen molar-refractivity contribution in [2.24, 2.45) is 7.05 Å². The summed E-state index contributed by atoms with van der Waals surface area (Å²) in [6, 6.07) is 14.2. The van der Waals surface area contributed by atoms with Gasteiger partial charge in [-0.05, 0) is 35.4 Å². The molecule has 124 valence electrons. The Kier molecular flexibility index (Phi) is 4.37. The maximum Gasteiger partial charge on any atom is 0.240 e. The summed E-state index contributed by atoms with van der Waals surface area (Å²) in [5.41, 5.74) is 9.09. The van der Waals surface area contributed by atoms with E-state index in [9.17, 15) is 8.42 Å². The van der Waals surface area contributed by atoms with E-state index in [2.05, 4.69) is 9.82 Å². The highest BCUT2D eigenvalue weighted by molar-refractivity contribution is 7.89. The summed E-state index contributed by atoms with van der Waals surface area (Å²) in [6.07, 6.45) is 3.40. The molecular weight excluding hydrogens is 324 g/mol. The average molecular weight is 342 g/mol. The third kappa shape index (κ3) is 3.64. The van der Waals surface area contributed by atoms with E-state index in [4.69, 9.17) is 5.73 Å². The molecule has 7 heteroatoms. The Hall–Kier alpha value is -2.64. The van der Waals surface area contributed by atoms with Gasteiger partial charge in [0, 0.05) is 31.0 Å². The van der Waals surface area contributed by atoms with Gasteiger partial charge in [0.15, 0.2) is 0 Å². The fourth-order valence-corrected chi connectivity index (χ4v) is 3.34. The van der Waals surface area contributed by atoms with Gasteiger partial charge < -0.3 is 5.73 Å². The van der Waals surface area contributed by atoms with Crippen LogP contribution in [0.2, 0.25) is 0 Å². The van der Waals surface area contributed by atoms with Crippen LogP contribution in [0.15, 0.2) is 65.8 Å². The molecule has 0 atom stereocenters. The van der Waals surface area contributed by atoms with E-state index in [1.54, 1.807) is 48.4 Å². The van der Waals surface area contributed by atoms with Gasteiger partial charge in [0.05, 0.1) is 11.1 Å². The number of nitrogen functional groups attached to an aromatic ring is 1. The second-order valence-corrected chi connectivity index (χ2v) is 7.26. The molecule has 2 aromatic carbocycles. The SMILES string of the molecule is Cn1cc(CNS(=O)(=O)c2ccc(-c3ccc(N)cc3)cc2)cn1. The molecular formula is C17H18N4O2S. The summed E-state index contributed by atoms with van der Waals surface area (Å²) < 4.78 is 28.9. The van der Waals surface area contributed by atoms with Crippen LogP contribution in [0.1, 0.15) is 5.56 Å². The van der Waals surface area contributed by atoms with Gasteiger partial charge in [-0.2, -0.15) is 5.10 Å². The third-order valence-electron chi connectivity index (χ3n) is 3.63. The molecule has 0 amide bonds. The first-order chi connectivity index (χ1) is 11.4. The predicted molar refractivity (Wildman–Crippen MR) is 93.5 cm³/mol. The van der Waals surface area contributed by atoms with E-state index in [1.807, 2.05) is 24.3 Å². The van der Waals surface area contributed by atoms with Crippen molar-refractivity contribution in [3.8, 4) is 11.1 Å². The van der Waals surface area contributed by atoms with Crippen LogP contribution in [0.25, 0.3) is 11.1 Å². The van der Waals surface area contributed by atoms with E-state index in [1.165, 1.54) is 0 Å². The minimum Gasteiger partial charge on any atom is -0.399 e. The first-order valence-corrected chi connectivity index (χ1v) is 8.85. The van der Waals surface area contributed by atoms with Gasteiger partial charge in [-0.15, -0.1) is 0 Å². The van der Waals surface area contributed by atoms with Crippen LogP contribution in [0.5, 0.6) is 0 Å². The van der Waals surface area contributed by atoms with Crippen molar-refractivity contribution in [1.29, 1.82) is 0 Å². The standard InChI is InChI=1S/C17H18N4O2S/c1-21-12-13(10-19-21)11-20-24(22,23)17-8-4-15(5-9-17)14-2-6-16(18)7-3-14/h2-10,12,20H,11,18H2,1H3. The lowest BCUT2D eigenvalue weighted by molar-refractivity contribution is 0.581. The Bertz CT molecular complexity index is 929. The Morgan fingerprint density at radius 3 is 2.17 bits per heavy atom. The number of nitrogens with zero attached hydrogens (tertiary/aromatic N) is 2. The number of nitrogens with two attached hydrogens (primary N) is 1. The van der Waals surface area contributed by atoms with Crippen molar-refractivity contribution >= 4 is 15.7 Å². The third-order valence-corrected chi connectivity index (χ3v) is 5.05. The van der Waals surface area contributed by atoms with Gasteiger partial charge in [0.2, 0.25) is 10.0 Å². The van der Waals surface area contributed by atoms with Crippen LogP contribution in [-0.4, -0.2) is 18.2 Å². The maximum absolute atomic E-state index is 12.3. The zero-order chi connectivity index (χ0) is 17.2. The summed E-state index contributed by atoms with van der Waals surface area (Å²) in [6.45, 7) is 0.204. The summed E-state index contributed by atoms with van der Waals surface area (Å²) >= 11 is 0. The van der Waals surface area contributed by atoms with Gasteiger partial charge in [0.25, 0.3) is 0 Å². The molecule has 0 fully saturated rings. The van der Waals surface area contributed by atoms with Gasteiger partial charge in [-0.1, -0.05) is 24.3 Å². The molecule has 0 spiro atoms. The minimum atomic E-state index is -3.56. The van der Waals surface area contributed by atoms with E-state index >= 15 is 0 Å². The Balaban J connectivity index is 1.75. The van der Waals surface area contributed by atoms with Crippen LogP contribution >= 0.6 is 0 Å². The molecule has 0 radical (unpaired) electrons. The number of benzene rings is 2. The van der Waals surface area contributed by atoms with E-state index in [-0.39, 0.29) is 11.4 Å². The number of rotatable bonds is 5. The van der Waals surface area contributed by atoms with Gasteiger partial charge in [-0.3, -0.25) is 4.68 Å². The number of hydrogen-bond acceptors (Lipinski definition) is 4. The lowest BCUT2D eigenvalue weighted by Crippen LogP contribution is -2.23. The van der Waals surface area contributed by atoms with Crippen molar-refractivity contribution in [3.05, 3.63) is 66.5 Å². The molecule has 0 saturated carbocycles. The second-order valence-electron chi connectivity index (χ2n) is 5.49. The summed E-state index contributed by atoms with van der Waals surface area (Å²) in [4.78, 5) is 0.227. The molecule has 6 nitrogen and oxygen atoms in total. The Labute approximate surface area is 141 Å². The Morgan fingerprint density at radius 1 is 1.04 bits per heavy atom. The van der Waals surface area contributed by atoms with E-state index < -0.39 is 10.0 Å². The number of anilines is 1. The highest BCUT2D eigenvalue weighted by Gasteiger charge is 2.14. The lowest BCUT2D eigenvalue weighted by atomic mass is 10.1. The van der Waals surface area contributed by atoms with Crippen LogP contribution in [0, 0.1) is 0 Å². The largest absolute Gasteiger partial charge is 0.399 e. The van der Waals surface area contributed by atoms with Gasteiger partial charge in [0.1, 0.15) is 0 Å². The number of aromatic nitrogens is 2. The molecule has 0 unspecified atom stereocenters. The van der Waals surface area contributed by atoms with Crippen molar-refractivity contribution in [1.82, 2.24) is 14.5 Å². The average Bonchev–Trinajstić information content (AvgIpc) is 3.00. The summed E-state index contributed by atoms with van der Waals surface area (Å²) in [5.74, 6) is 0.